The van der Waals surface area contributed by atoms with Gasteiger partial charge in [-0.05, 0) is 63.3 Å². The number of aryl methyl sites for hydroxylation is 2. The number of amides is 1. The number of rotatable bonds is 5. The summed E-state index contributed by atoms with van der Waals surface area (Å²) in [5, 5.41) is 0.205. The van der Waals surface area contributed by atoms with Gasteiger partial charge in [0.2, 0.25) is 0 Å². The van der Waals surface area contributed by atoms with Gasteiger partial charge >= 0.3 is 12.4 Å². The predicted molar refractivity (Wildman–Crippen MR) is 116 cm³/mol. The van der Waals surface area contributed by atoms with E-state index in [-0.39, 0.29) is 17.7 Å². The number of carbonyl (C=O) groups is 1. The van der Waals surface area contributed by atoms with Gasteiger partial charge in [-0.15, -0.1) is 0 Å². The molecule has 2 aromatic carbocycles. The molecule has 1 aromatic heterocycles. The highest BCUT2D eigenvalue weighted by Crippen LogP contribution is 2.37. The molecule has 33 heavy (non-hydrogen) atoms. The summed E-state index contributed by atoms with van der Waals surface area (Å²) in [5.41, 5.74) is -1.29. The number of anilines is 1. The smallest absolute Gasteiger partial charge is 0.308 e. The summed E-state index contributed by atoms with van der Waals surface area (Å²) < 4.78 is 80.5. The van der Waals surface area contributed by atoms with Gasteiger partial charge < -0.3 is 4.90 Å². The Morgan fingerprint density at radius 2 is 1.52 bits per heavy atom. The van der Waals surface area contributed by atoms with Crippen molar-refractivity contribution in [2.45, 2.75) is 26.2 Å². The van der Waals surface area contributed by atoms with Crippen molar-refractivity contribution in [3.05, 3.63) is 58.1 Å². The number of fused-ring (bicyclic) bond motifs is 1. The molecule has 1 heterocycles. The molecule has 0 saturated carbocycles. The molecule has 11 heteroatoms. The minimum Gasteiger partial charge on any atom is -0.308 e. The van der Waals surface area contributed by atoms with Gasteiger partial charge in [0.15, 0.2) is 5.13 Å². The number of thiazole rings is 1. The summed E-state index contributed by atoms with van der Waals surface area (Å²) in [6, 6.07) is 4.60. The van der Waals surface area contributed by atoms with Crippen molar-refractivity contribution in [2.24, 2.45) is 0 Å². The molecule has 178 valence electrons. The van der Waals surface area contributed by atoms with E-state index >= 15 is 0 Å². The normalized spacial score (nSPS) is 12.6. The fourth-order valence-corrected chi connectivity index (χ4v) is 4.20. The molecule has 0 bridgehead atoms. The zero-order valence-electron chi connectivity index (χ0n) is 18.2. The van der Waals surface area contributed by atoms with Crippen molar-refractivity contribution in [1.29, 1.82) is 0 Å². The number of carbonyl (C=O) groups excluding carboxylic acids is 1. The SMILES string of the molecule is Cc1ccc2sc(N(CCN(C)C)C(=O)c3cc(C(F)(F)F)cc(C(F)(F)F)c3)nc2c1C. The second-order valence-electron chi connectivity index (χ2n) is 7.91. The van der Waals surface area contributed by atoms with E-state index in [0.717, 1.165) is 32.1 Å². The Morgan fingerprint density at radius 1 is 0.939 bits per heavy atom. The molecule has 4 nitrogen and oxygen atoms in total. The molecule has 1 amide bonds. The van der Waals surface area contributed by atoms with Crippen LogP contribution in [-0.4, -0.2) is 43.0 Å². The van der Waals surface area contributed by atoms with E-state index in [1.807, 2.05) is 26.0 Å². The molecule has 0 aliphatic heterocycles. The molecule has 0 N–H and O–H groups in total. The van der Waals surface area contributed by atoms with Crippen LogP contribution in [0.15, 0.2) is 30.3 Å². The summed E-state index contributed by atoms with van der Waals surface area (Å²) in [6.45, 7) is 4.10. The maximum Gasteiger partial charge on any atom is 0.416 e. The predicted octanol–water partition coefficient (Wildman–Crippen LogP) is 6.16. The van der Waals surface area contributed by atoms with E-state index in [9.17, 15) is 31.1 Å². The minimum atomic E-state index is -5.05. The van der Waals surface area contributed by atoms with E-state index in [2.05, 4.69) is 4.98 Å². The molecule has 0 spiro atoms. The average Bonchev–Trinajstić information content (AvgIpc) is 3.13. The monoisotopic (exact) mass is 489 g/mol. The summed E-state index contributed by atoms with van der Waals surface area (Å²) in [5.74, 6) is -0.984. The van der Waals surface area contributed by atoms with E-state index < -0.39 is 35.0 Å². The van der Waals surface area contributed by atoms with Gasteiger partial charge in [0.25, 0.3) is 5.91 Å². The number of hydrogen-bond acceptors (Lipinski definition) is 4. The number of hydrogen-bond donors (Lipinski definition) is 0. The molecule has 3 aromatic rings. The first kappa shape index (κ1) is 25.0. The number of alkyl halides is 6. The highest BCUT2D eigenvalue weighted by molar-refractivity contribution is 7.22. The third-order valence-electron chi connectivity index (χ3n) is 5.15. The molecule has 0 aliphatic carbocycles. The molecule has 3 rings (SSSR count). The van der Waals surface area contributed by atoms with Gasteiger partial charge in [-0.3, -0.25) is 9.69 Å². The number of likely N-dealkylation sites (N-methyl/N-ethyl adjacent to an activating group) is 1. The first-order chi connectivity index (χ1) is 15.2. The summed E-state index contributed by atoms with van der Waals surface area (Å²) in [7, 11) is 3.47. The zero-order chi connectivity index (χ0) is 24.7. The van der Waals surface area contributed by atoms with Gasteiger partial charge in [0.1, 0.15) is 0 Å². The molecule has 0 atom stereocenters. The third-order valence-corrected chi connectivity index (χ3v) is 6.20. The van der Waals surface area contributed by atoms with Crippen LogP contribution in [0.5, 0.6) is 0 Å². The van der Waals surface area contributed by atoms with E-state index in [1.165, 1.54) is 0 Å². The number of benzene rings is 2. The molecular weight excluding hydrogens is 468 g/mol. The standard InChI is InChI=1S/C22H21F6N3OS/c1-12-5-6-17-18(13(12)2)29-20(33-17)31(8-7-30(3)4)19(32)14-9-15(21(23,24)25)11-16(10-14)22(26,27)28/h5-6,9-11H,7-8H2,1-4H3. The molecule has 0 radical (unpaired) electrons. The quantitative estimate of drug-likeness (QED) is 0.403. The highest BCUT2D eigenvalue weighted by atomic mass is 32.1. The first-order valence-corrected chi connectivity index (χ1v) is 10.6. The highest BCUT2D eigenvalue weighted by Gasteiger charge is 2.38. The van der Waals surface area contributed by atoms with Crippen LogP contribution in [0.2, 0.25) is 0 Å². The van der Waals surface area contributed by atoms with Crippen LogP contribution in [0.4, 0.5) is 31.5 Å². The van der Waals surface area contributed by atoms with Crippen molar-refractivity contribution in [1.82, 2.24) is 9.88 Å². The van der Waals surface area contributed by atoms with Crippen molar-refractivity contribution in [3.63, 3.8) is 0 Å². The lowest BCUT2D eigenvalue weighted by Gasteiger charge is -2.23. The van der Waals surface area contributed by atoms with Crippen LogP contribution in [0, 0.1) is 13.8 Å². The largest absolute Gasteiger partial charge is 0.416 e. The van der Waals surface area contributed by atoms with Crippen LogP contribution in [0.3, 0.4) is 0 Å². The topological polar surface area (TPSA) is 36.4 Å². The van der Waals surface area contributed by atoms with Crippen molar-refractivity contribution < 1.29 is 31.1 Å². The number of halogens is 6. The van der Waals surface area contributed by atoms with Crippen molar-refractivity contribution in [2.75, 3.05) is 32.1 Å². The maximum absolute atomic E-state index is 13.3. The van der Waals surface area contributed by atoms with Crippen molar-refractivity contribution in [3.8, 4) is 0 Å². The van der Waals surface area contributed by atoms with E-state index in [4.69, 9.17) is 0 Å². The lowest BCUT2D eigenvalue weighted by Crippen LogP contribution is -2.37. The van der Waals surface area contributed by atoms with Gasteiger partial charge in [-0.25, -0.2) is 4.98 Å². The number of nitrogens with zero attached hydrogens (tertiary/aromatic N) is 3. The lowest BCUT2D eigenvalue weighted by atomic mass is 10.0. The van der Waals surface area contributed by atoms with E-state index in [1.54, 1.807) is 19.0 Å². The zero-order valence-corrected chi connectivity index (χ0v) is 19.0. The second kappa shape index (κ2) is 8.94. The van der Waals surface area contributed by atoms with Crippen LogP contribution >= 0.6 is 11.3 Å². The van der Waals surface area contributed by atoms with Crippen molar-refractivity contribution >= 4 is 32.6 Å². The van der Waals surface area contributed by atoms with Crippen LogP contribution in [0.25, 0.3) is 10.2 Å². The van der Waals surface area contributed by atoms with E-state index in [0.29, 0.717) is 24.2 Å². The van der Waals surface area contributed by atoms with Gasteiger partial charge in [0, 0.05) is 18.7 Å². The van der Waals surface area contributed by atoms with Crippen LogP contribution in [-0.2, 0) is 12.4 Å². The molecule has 0 saturated heterocycles. The Morgan fingerprint density at radius 3 is 2.03 bits per heavy atom. The molecule has 0 aliphatic rings. The minimum absolute atomic E-state index is 0.00473. The maximum atomic E-state index is 13.3. The summed E-state index contributed by atoms with van der Waals surface area (Å²) in [4.78, 5) is 20.7. The summed E-state index contributed by atoms with van der Waals surface area (Å²) in [6.07, 6.45) is -10.1. The van der Waals surface area contributed by atoms with Gasteiger partial charge in [-0.2, -0.15) is 26.3 Å². The Kier molecular flexibility index (Phi) is 6.77. The molecular formula is C22H21F6N3OS. The Balaban J connectivity index is 2.14. The first-order valence-electron chi connectivity index (χ1n) is 9.81. The Bertz CT molecular complexity index is 1150. The second-order valence-corrected chi connectivity index (χ2v) is 8.91. The average molecular weight is 489 g/mol. The van der Waals surface area contributed by atoms with Crippen LogP contribution < -0.4 is 4.90 Å². The Hall–Kier alpha value is -2.66. The van der Waals surface area contributed by atoms with Gasteiger partial charge in [-0.1, -0.05) is 17.4 Å². The van der Waals surface area contributed by atoms with Gasteiger partial charge in [0.05, 0.1) is 21.3 Å². The molecule has 0 unspecified atom stereocenters. The lowest BCUT2D eigenvalue weighted by molar-refractivity contribution is -0.143. The Labute approximate surface area is 190 Å². The third kappa shape index (κ3) is 5.47. The van der Waals surface area contributed by atoms with Crippen LogP contribution in [0.1, 0.15) is 32.6 Å². The fourth-order valence-electron chi connectivity index (χ4n) is 3.15. The number of aromatic nitrogens is 1. The molecule has 0 fully saturated rings. The fraction of sp³-hybridized carbons (Fsp3) is 0.364. The summed E-state index contributed by atoms with van der Waals surface area (Å²) >= 11 is 1.15.